The number of hydrogen-bond donors (Lipinski definition) is 0. The van der Waals surface area contributed by atoms with E-state index in [1.165, 1.54) is 0 Å². The van der Waals surface area contributed by atoms with Crippen molar-refractivity contribution in [2.24, 2.45) is 0 Å². The number of para-hydroxylation sites is 1. The summed E-state index contributed by atoms with van der Waals surface area (Å²) in [5, 5.41) is 1.75. The van der Waals surface area contributed by atoms with Gasteiger partial charge in [-0.05, 0) is 18.2 Å². The second-order valence-corrected chi connectivity index (χ2v) is 4.60. The van der Waals surface area contributed by atoms with Gasteiger partial charge in [0.25, 0.3) is 0 Å². The fourth-order valence-corrected chi connectivity index (χ4v) is 2.31. The van der Waals surface area contributed by atoms with E-state index in [2.05, 4.69) is 25.9 Å². The van der Waals surface area contributed by atoms with Crippen LogP contribution in [0.15, 0.2) is 54.9 Å². The van der Waals surface area contributed by atoms with Gasteiger partial charge in [-0.25, -0.2) is 4.98 Å². The maximum absolute atomic E-state index is 5.91. The molecular weight excluding hydrogens is 304 g/mol. The normalized spacial score (nSPS) is 10.6. The maximum atomic E-state index is 5.91. The minimum atomic E-state index is 0.609. The third-order valence-corrected chi connectivity index (χ3v) is 3.40. The number of aromatic nitrogens is 2. The van der Waals surface area contributed by atoms with Crippen LogP contribution in [0.2, 0.25) is 0 Å². The highest BCUT2D eigenvalue weighted by Gasteiger charge is 2.08. The molecule has 4 heteroatoms. The van der Waals surface area contributed by atoms with Crippen molar-refractivity contribution in [2.75, 3.05) is 0 Å². The quantitative estimate of drug-likeness (QED) is 0.675. The first-order valence-electron chi connectivity index (χ1n) is 5.90. The van der Waals surface area contributed by atoms with E-state index in [0.717, 1.165) is 22.2 Å². The summed E-state index contributed by atoms with van der Waals surface area (Å²) in [5.41, 5.74) is 1.85. The number of benzene rings is 1. The molecule has 2 heterocycles. The summed E-state index contributed by atoms with van der Waals surface area (Å²) in [6.07, 6.45) is 3.49. The molecule has 0 saturated carbocycles. The largest absolute Gasteiger partial charge is 0.436 e. The average molecular weight is 315 g/mol. The molecule has 0 radical (unpaired) electrons. The number of nitrogens with zero attached hydrogens (tertiary/aromatic N) is 2. The van der Waals surface area contributed by atoms with Gasteiger partial charge < -0.3 is 4.74 Å². The topological polar surface area (TPSA) is 35.0 Å². The summed E-state index contributed by atoms with van der Waals surface area (Å²) in [5.74, 6) is 1.33. The fraction of sp³-hybridized carbons (Fsp3) is 0.0667. The zero-order valence-electron chi connectivity index (χ0n) is 10.1. The minimum Gasteiger partial charge on any atom is -0.436 e. The molecule has 0 unspecified atom stereocenters. The molecule has 3 nitrogen and oxygen atoms in total. The molecule has 0 spiro atoms. The number of alkyl halides is 1. The van der Waals surface area contributed by atoms with Crippen molar-refractivity contribution in [1.29, 1.82) is 0 Å². The lowest BCUT2D eigenvalue weighted by molar-refractivity contribution is 0.463. The molecule has 2 aromatic heterocycles. The van der Waals surface area contributed by atoms with Crippen LogP contribution in [0.5, 0.6) is 11.6 Å². The molecule has 1 aromatic carbocycles. The summed E-state index contributed by atoms with van der Waals surface area (Å²) < 4.78 is 5.91. The molecule has 0 aliphatic rings. The van der Waals surface area contributed by atoms with Crippen molar-refractivity contribution in [3.63, 3.8) is 0 Å². The van der Waals surface area contributed by atoms with E-state index in [4.69, 9.17) is 4.74 Å². The first kappa shape index (κ1) is 12.1. The SMILES string of the molecule is BrCc1cccnc1Oc1cccc2cccnc12. The smallest absolute Gasteiger partial charge is 0.223 e. The molecule has 0 amide bonds. The zero-order chi connectivity index (χ0) is 13.1. The Balaban J connectivity index is 2.06. The molecular formula is C15H11BrN2O. The molecule has 0 N–H and O–H groups in total. The van der Waals surface area contributed by atoms with Crippen LogP contribution in [0.25, 0.3) is 10.9 Å². The van der Waals surface area contributed by atoms with E-state index >= 15 is 0 Å². The van der Waals surface area contributed by atoms with Gasteiger partial charge in [0, 0.05) is 28.7 Å². The van der Waals surface area contributed by atoms with Gasteiger partial charge in [0.2, 0.25) is 5.88 Å². The number of fused-ring (bicyclic) bond motifs is 1. The minimum absolute atomic E-state index is 0.609. The van der Waals surface area contributed by atoms with Gasteiger partial charge in [-0.2, -0.15) is 0 Å². The molecule has 0 saturated heterocycles. The third-order valence-electron chi connectivity index (χ3n) is 2.80. The van der Waals surface area contributed by atoms with Crippen LogP contribution in [-0.4, -0.2) is 9.97 Å². The standard InChI is InChI=1S/C15H11BrN2O/c16-10-12-6-3-9-18-15(12)19-13-7-1-4-11-5-2-8-17-14(11)13/h1-9H,10H2. The Labute approximate surface area is 119 Å². The third kappa shape index (κ3) is 2.44. The van der Waals surface area contributed by atoms with Crippen molar-refractivity contribution < 1.29 is 4.74 Å². The van der Waals surface area contributed by atoms with E-state index in [0.29, 0.717) is 11.2 Å². The average Bonchev–Trinajstić information content (AvgIpc) is 2.48. The first-order chi connectivity index (χ1) is 9.38. The lowest BCUT2D eigenvalue weighted by Gasteiger charge is -2.09. The van der Waals surface area contributed by atoms with Crippen LogP contribution in [0.4, 0.5) is 0 Å². The lowest BCUT2D eigenvalue weighted by atomic mass is 10.2. The summed E-state index contributed by atoms with van der Waals surface area (Å²) in [6.45, 7) is 0. The van der Waals surface area contributed by atoms with E-state index < -0.39 is 0 Å². The summed E-state index contributed by atoms with van der Waals surface area (Å²) >= 11 is 3.44. The summed E-state index contributed by atoms with van der Waals surface area (Å²) in [7, 11) is 0. The number of halogens is 1. The molecule has 3 rings (SSSR count). The predicted molar refractivity (Wildman–Crippen MR) is 78.7 cm³/mol. The molecule has 0 atom stereocenters. The molecule has 19 heavy (non-hydrogen) atoms. The Kier molecular flexibility index (Phi) is 3.42. The number of rotatable bonds is 3. The molecule has 3 aromatic rings. The van der Waals surface area contributed by atoms with Gasteiger partial charge in [-0.15, -0.1) is 0 Å². The van der Waals surface area contributed by atoms with E-state index in [9.17, 15) is 0 Å². The number of ether oxygens (including phenoxy) is 1. The number of pyridine rings is 2. The second kappa shape index (κ2) is 5.36. The van der Waals surface area contributed by atoms with E-state index in [1.807, 2.05) is 42.5 Å². The van der Waals surface area contributed by atoms with Gasteiger partial charge in [0.1, 0.15) is 5.52 Å². The molecule has 0 fully saturated rings. The Morgan fingerprint density at radius 1 is 0.947 bits per heavy atom. The Morgan fingerprint density at radius 3 is 2.63 bits per heavy atom. The van der Waals surface area contributed by atoms with E-state index in [1.54, 1.807) is 12.4 Å². The van der Waals surface area contributed by atoms with Gasteiger partial charge >= 0.3 is 0 Å². The first-order valence-corrected chi connectivity index (χ1v) is 7.02. The zero-order valence-corrected chi connectivity index (χ0v) is 11.7. The lowest BCUT2D eigenvalue weighted by Crippen LogP contribution is -1.93. The van der Waals surface area contributed by atoms with Crippen LogP contribution in [-0.2, 0) is 5.33 Å². The van der Waals surface area contributed by atoms with Crippen LogP contribution < -0.4 is 4.74 Å². The van der Waals surface area contributed by atoms with Crippen molar-refractivity contribution in [3.8, 4) is 11.6 Å². The van der Waals surface area contributed by atoms with Gasteiger partial charge in [-0.1, -0.05) is 40.2 Å². The molecule has 0 aliphatic carbocycles. The van der Waals surface area contributed by atoms with Crippen LogP contribution in [0.3, 0.4) is 0 Å². The van der Waals surface area contributed by atoms with Crippen LogP contribution >= 0.6 is 15.9 Å². The summed E-state index contributed by atoms with van der Waals surface area (Å²) in [4.78, 5) is 8.64. The maximum Gasteiger partial charge on any atom is 0.223 e. The van der Waals surface area contributed by atoms with Crippen molar-refractivity contribution in [1.82, 2.24) is 9.97 Å². The summed E-state index contributed by atoms with van der Waals surface area (Å²) in [6, 6.07) is 13.7. The van der Waals surface area contributed by atoms with Gasteiger partial charge in [-0.3, -0.25) is 4.98 Å². The van der Waals surface area contributed by atoms with Crippen molar-refractivity contribution >= 4 is 26.8 Å². The highest BCUT2D eigenvalue weighted by Crippen LogP contribution is 2.29. The fourth-order valence-electron chi connectivity index (χ4n) is 1.88. The Morgan fingerprint density at radius 2 is 1.74 bits per heavy atom. The molecule has 0 bridgehead atoms. The monoisotopic (exact) mass is 314 g/mol. The van der Waals surface area contributed by atoms with Gasteiger partial charge in [0.15, 0.2) is 5.75 Å². The Bertz CT molecular complexity index is 710. The van der Waals surface area contributed by atoms with Crippen molar-refractivity contribution in [2.45, 2.75) is 5.33 Å². The number of hydrogen-bond acceptors (Lipinski definition) is 3. The molecule has 0 aliphatic heterocycles. The van der Waals surface area contributed by atoms with Crippen LogP contribution in [0, 0.1) is 0 Å². The van der Waals surface area contributed by atoms with Crippen molar-refractivity contribution in [3.05, 3.63) is 60.4 Å². The van der Waals surface area contributed by atoms with Gasteiger partial charge in [0.05, 0.1) is 0 Å². The predicted octanol–water partition coefficient (Wildman–Crippen LogP) is 4.32. The molecule has 94 valence electrons. The van der Waals surface area contributed by atoms with E-state index in [-0.39, 0.29) is 0 Å². The van der Waals surface area contributed by atoms with Crippen LogP contribution in [0.1, 0.15) is 5.56 Å². The Hall–Kier alpha value is -1.94. The highest BCUT2D eigenvalue weighted by molar-refractivity contribution is 9.08. The highest BCUT2D eigenvalue weighted by atomic mass is 79.9. The second-order valence-electron chi connectivity index (χ2n) is 4.03.